The summed E-state index contributed by atoms with van der Waals surface area (Å²) in [7, 11) is 0. The van der Waals surface area contributed by atoms with Gasteiger partial charge in [0.25, 0.3) is 0 Å². The lowest BCUT2D eigenvalue weighted by Crippen LogP contribution is -2.33. The molecule has 6 heteroatoms. The summed E-state index contributed by atoms with van der Waals surface area (Å²) in [5.74, 6) is 2.48. The number of aliphatic hydroxyl groups is 1. The van der Waals surface area contributed by atoms with Crippen molar-refractivity contribution in [3.63, 3.8) is 0 Å². The maximum Gasteiger partial charge on any atom is 0.150 e. The summed E-state index contributed by atoms with van der Waals surface area (Å²) in [6.07, 6.45) is 6.68. The Kier molecular flexibility index (Phi) is 7.28. The Hall–Kier alpha value is -2.67. The molecule has 0 spiro atoms. The Morgan fingerprint density at radius 2 is 1.74 bits per heavy atom. The highest BCUT2D eigenvalue weighted by Gasteiger charge is 2.27. The third-order valence-corrected chi connectivity index (χ3v) is 7.95. The Labute approximate surface area is 204 Å². The first-order valence-electron chi connectivity index (χ1n) is 12.2. The molecular weight excluding hydrogens is 446 g/mol. The average Bonchev–Trinajstić information content (AvgIpc) is 3.23. The Morgan fingerprint density at radius 1 is 1.00 bits per heavy atom. The van der Waals surface area contributed by atoms with Gasteiger partial charge in [0.2, 0.25) is 0 Å². The molecule has 0 unspecified atom stereocenters. The highest BCUT2D eigenvalue weighted by atomic mass is 32.1. The molecule has 0 amide bonds. The van der Waals surface area contributed by atoms with Gasteiger partial charge in [0.15, 0.2) is 0 Å². The molecule has 5 rings (SSSR count). The minimum Gasteiger partial charge on any atom is -0.492 e. The monoisotopic (exact) mass is 477 g/mol. The molecule has 2 aliphatic rings. The molecule has 34 heavy (non-hydrogen) atoms. The van der Waals surface area contributed by atoms with Gasteiger partial charge < -0.3 is 14.6 Å². The van der Waals surface area contributed by atoms with Crippen LogP contribution in [0.2, 0.25) is 0 Å². The van der Waals surface area contributed by atoms with Crippen molar-refractivity contribution in [2.75, 3.05) is 26.2 Å². The van der Waals surface area contributed by atoms with Gasteiger partial charge in [-0.25, -0.2) is 0 Å². The van der Waals surface area contributed by atoms with E-state index in [1.54, 1.807) is 11.3 Å². The fourth-order valence-electron chi connectivity index (χ4n) is 4.75. The molecule has 2 heterocycles. The number of fused-ring (bicyclic) bond motifs is 1. The maximum absolute atomic E-state index is 11.1. The van der Waals surface area contributed by atoms with Crippen LogP contribution in [0.25, 0.3) is 10.4 Å². The number of hydrogen-bond acceptors (Lipinski definition) is 6. The second-order valence-corrected chi connectivity index (χ2v) is 10.2. The lowest BCUT2D eigenvalue weighted by Gasteiger charge is -2.26. The molecule has 2 aromatic carbocycles. The zero-order valence-corrected chi connectivity index (χ0v) is 20.2. The summed E-state index contributed by atoms with van der Waals surface area (Å²) < 4.78 is 12.4. The smallest absolute Gasteiger partial charge is 0.150 e. The van der Waals surface area contributed by atoms with Crippen LogP contribution >= 0.6 is 11.3 Å². The number of ether oxygens (including phenoxy) is 2. The lowest BCUT2D eigenvalue weighted by atomic mass is 9.95. The van der Waals surface area contributed by atoms with Crippen LogP contribution in [0, 0.1) is 0 Å². The Balaban J connectivity index is 1.31. The highest BCUT2D eigenvalue weighted by Crippen LogP contribution is 2.47. The van der Waals surface area contributed by atoms with Gasteiger partial charge in [0, 0.05) is 29.0 Å². The first-order chi connectivity index (χ1) is 16.7. The third kappa shape index (κ3) is 5.35. The van der Waals surface area contributed by atoms with Crippen LogP contribution in [-0.2, 0) is 12.8 Å². The Bertz CT molecular complexity index is 1100. The zero-order chi connectivity index (χ0) is 23.3. The summed E-state index contributed by atoms with van der Waals surface area (Å²) >= 11 is 1.68. The lowest BCUT2D eigenvalue weighted by molar-refractivity contribution is 0.112. The summed E-state index contributed by atoms with van der Waals surface area (Å²) in [6, 6.07) is 15.4. The molecular formula is C28H31NO4S. The number of rotatable bonds is 8. The minimum absolute atomic E-state index is 0.300. The molecule has 1 N–H and O–H groups in total. The molecule has 3 aromatic rings. The number of piperidine rings is 1. The van der Waals surface area contributed by atoms with E-state index in [0.717, 1.165) is 53.4 Å². The summed E-state index contributed by atoms with van der Waals surface area (Å²) in [5, 5.41) is 10.2. The third-order valence-electron chi connectivity index (χ3n) is 6.67. The molecule has 1 aliphatic heterocycles. The highest BCUT2D eigenvalue weighted by molar-refractivity contribution is 7.16. The first kappa shape index (κ1) is 23.1. The van der Waals surface area contributed by atoms with Crippen LogP contribution < -0.4 is 9.47 Å². The van der Waals surface area contributed by atoms with Crippen molar-refractivity contribution in [3.8, 4) is 27.7 Å². The van der Waals surface area contributed by atoms with E-state index in [1.165, 1.54) is 42.8 Å². The second kappa shape index (κ2) is 10.7. The van der Waals surface area contributed by atoms with Gasteiger partial charge in [-0.3, -0.25) is 9.69 Å². The van der Waals surface area contributed by atoms with Gasteiger partial charge in [0.05, 0.1) is 11.0 Å². The molecule has 1 atom stereocenters. The second-order valence-electron chi connectivity index (χ2n) is 9.12. The minimum atomic E-state index is -0.300. The number of carbonyl (C=O) groups is 1. The van der Waals surface area contributed by atoms with Gasteiger partial charge in [-0.1, -0.05) is 30.7 Å². The first-order valence-corrected chi connectivity index (χ1v) is 13.0. The van der Waals surface area contributed by atoms with Crippen molar-refractivity contribution in [2.45, 2.75) is 44.6 Å². The fraction of sp³-hybridized carbons (Fsp3) is 0.393. The topological polar surface area (TPSA) is 59.0 Å². The quantitative estimate of drug-likeness (QED) is 0.420. The van der Waals surface area contributed by atoms with Crippen LogP contribution in [-0.4, -0.2) is 48.6 Å². The van der Waals surface area contributed by atoms with E-state index in [0.29, 0.717) is 18.6 Å². The van der Waals surface area contributed by atoms with Gasteiger partial charge in [-0.15, -0.1) is 11.3 Å². The van der Waals surface area contributed by atoms with Crippen LogP contribution in [0.1, 0.15) is 46.5 Å². The SMILES string of the molecule is O=Cc1ccc(-c2sc3c(c2Oc2ccc(OCCN4CCCCC4)cc2)CC[C@H](O)C3)cc1. The number of nitrogens with zero attached hydrogens (tertiary/aromatic N) is 1. The number of thiophene rings is 1. The predicted octanol–water partition coefficient (Wildman–Crippen LogP) is 5.73. The Morgan fingerprint density at radius 3 is 2.47 bits per heavy atom. The van der Waals surface area contributed by atoms with E-state index in [4.69, 9.17) is 9.47 Å². The number of hydrogen-bond donors (Lipinski definition) is 1. The molecule has 0 bridgehead atoms. The van der Waals surface area contributed by atoms with E-state index in [9.17, 15) is 9.90 Å². The van der Waals surface area contributed by atoms with E-state index in [-0.39, 0.29) is 6.10 Å². The zero-order valence-electron chi connectivity index (χ0n) is 19.4. The number of aldehydes is 1. The molecule has 1 aromatic heterocycles. The van der Waals surface area contributed by atoms with Crippen molar-refractivity contribution in [1.82, 2.24) is 4.90 Å². The molecule has 0 saturated carbocycles. The maximum atomic E-state index is 11.1. The van der Waals surface area contributed by atoms with Crippen LogP contribution in [0.3, 0.4) is 0 Å². The number of benzene rings is 2. The van der Waals surface area contributed by atoms with Gasteiger partial charge >= 0.3 is 0 Å². The van der Waals surface area contributed by atoms with E-state index < -0.39 is 0 Å². The predicted molar refractivity (Wildman–Crippen MR) is 135 cm³/mol. The van der Waals surface area contributed by atoms with E-state index in [1.807, 2.05) is 48.5 Å². The normalized spacial score (nSPS) is 18.3. The molecule has 0 radical (unpaired) electrons. The van der Waals surface area contributed by atoms with Gasteiger partial charge in [-0.2, -0.15) is 0 Å². The molecule has 1 fully saturated rings. The van der Waals surface area contributed by atoms with Crippen molar-refractivity contribution >= 4 is 17.6 Å². The molecule has 5 nitrogen and oxygen atoms in total. The van der Waals surface area contributed by atoms with Crippen molar-refractivity contribution in [3.05, 3.63) is 64.5 Å². The van der Waals surface area contributed by atoms with Gasteiger partial charge in [0.1, 0.15) is 30.1 Å². The van der Waals surface area contributed by atoms with Crippen molar-refractivity contribution in [1.29, 1.82) is 0 Å². The summed E-state index contributed by atoms with van der Waals surface area (Å²) in [5.41, 5.74) is 2.86. The van der Waals surface area contributed by atoms with Crippen LogP contribution in [0.15, 0.2) is 48.5 Å². The number of likely N-dealkylation sites (tertiary alicyclic amines) is 1. The standard InChI is InChI=1S/C28H31NO4S/c30-19-20-4-6-21(7-5-20)28-27(25-13-8-22(31)18-26(25)34-28)33-24-11-9-23(10-12-24)32-17-16-29-14-2-1-3-15-29/h4-7,9-12,19,22,31H,1-3,8,13-18H2/t22-/m0/s1. The van der Waals surface area contributed by atoms with Crippen molar-refractivity contribution < 1.29 is 19.4 Å². The van der Waals surface area contributed by atoms with Crippen LogP contribution in [0.5, 0.6) is 17.2 Å². The van der Waals surface area contributed by atoms with Crippen molar-refractivity contribution in [2.24, 2.45) is 0 Å². The average molecular weight is 478 g/mol. The molecule has 178 valence electrons. The van der Waals surface area contributed by atoms with Crippen LogP contribution in [0.4, 0.5) is 0 Å². The van der Waals surface area contributed by atoms with E-state index in [2.05, 4.69) is 4.90 Å². The fourth-order valence-corrected chi connectivity index (χ4v) is 6.10. The summed E-state index contributed by atoms with van der Waals surface area (Å²) in [4.78, 5) is 15.8. The summed E-state index contributed by atoms with van der Waals surface area (Å²) in [6.45, 7) is 4.02. The number of aliphatic hydroxyl groups excluding tert-OH is 1. The molecule has 1 aliphatic carbocycles. The van der Waals surface area contributed by atoms with Gasteiger partial charge in [-0.05, 0) is 68.6 Å². The largest absolute Gasteiger partial charge is 0.492 e. The number of carbonyl (C=O) groups excluding carboxylic acids is 1. The van der Waals surface area contributed by atoms with E-state index >= 15 is 0 Å². The molecule has 1 saturated heterocycles.